The Balaban J connectivity index is 0.000000720. The molecule has 4 rings (SSSR count). The third-order valence-corrected chi connectivity index (χ3v) is 7.57. The summed E-state index contributed by atoms with van der Waals surface area (Å²) in [6.07, 6.45) is 2.33. The number of alkyl halides is 2. The lowest BCUT2D eigenvalue weighted by atomic mass is 9.72. The van der Waals surface area contributed by atoms with Crippen LogP contribution in [0.1, 0.15) is 58.1 Å². The molecule has 0 bridgehead atoms. The van der Waals surface area contributed by atoms with Gasteiger partial charge in [0.25, 0.3) is 6.43 Å². The van der Waals surface area contributed by atoms with Crippen molar-refractivity contribution in [2.75, 3.05) is 58.4 Å². The predicted octanol–water partition coefficient (Wildman–Crippen LogP) is 6.33. The van der Waals surface area contributed by atoms with Gasteiger partial charge in [-0.1, -0.05) is 56.0 Å². The van der Waals surface area contributed by atoms with Crippen molar-refractivity contribution in [1.82, 2.24) is 9.80 Å². The fourth-order valence-electron chi connectivity index (χ4n) is 4.86. The number of nitrogens with two attached hydrogens (primary N) is 1. The largest absolute Gasteiger partial charge is 0.488 e. The number of hydrogen-bond acceptors (Lipinski definition) is 8. The highest BCUT2D eigenvalue weighted by Gasteiger charge is 2.44. The number of carbonyl (C=O) groups is 2. The molecule has 47 heavy (non-hydrogen) atoms. The summed E-state index contributed by atoms with van der Waals surface area (Å²) in [6.45, 7) is 22.7. The number of rotatable bonds is 10. The highest BCUT2D eigenvalue weighted by Crippen LogP contribution is 2.39. The van der Waals surface area contributed by atoms with Crippen molar-refractivity contribution in [3.8, 4) is 0 Å². The first kappa shape index (κ1) is 43.2. The summed E-state index contributed by atoms with van der Waals surface area (Å²) >= 11 is 0. The van der Waals surface area contributed by atoms with Crippen LogP contribution in [-0.4, -0.2) is 95.2 Å². The van der Waals surface area contributed by atoms with Gasteiger partial charge in [-0.2, -0.15) is 5.10 Å². The summed E-state index contributed by atoms with van der Waals surface area (Å²) in [7, 11) is 3.73. The number of likely N-dealkylation sites (tertiary alicyclic amines) is 2. The van der Waals surface area contributed by atoms with Gasteiger partial charge in [-0.05, 0) is 77.4 Å². The Labute approximate surface area is 281 Å². The topological polar surface area (TPSA) is 101 Å². The molecule has 1 spiro atoms. The zero-order chi connectivity index (χ0) is 35.9. The van der Waals surface area contributed by atoms with Gasteiger partial charge in [-0.15, -0.1) is 0 Å². The minimum absolute atomic E-state index is 0.0417. The molecule has 0 aliphatic carbocycles. The average molecular weight is 662 g/mol. The number of amides is 1. The first-order valence-corrected chi connectivity index (χ1v) is 15.7. The first-order valence-electron chi connectivity index (χ1n) is 15.7. The van der Waals surface area contributed by atoms with Crippen LogP contribution < -0.4 is 10.7 Å². The maximum Gasteiger partial charge on any atom is 0.272 e. The first-order chi connectivity index (χ1) is 22.3. The summed E-state index contributed by atoms with van der Waals surface area (Å²) in [4.78, 5) is 25.1. The van der Waals surface area contributed by atoms with Gasteiger partial charge in [-0.25, -0.2) is 8.78 Å². The van der Waals surface area contributed by atoms with Crippen LogP contribution in [0.4, 0.5) is 14.5 Å². The van der Waals surface area contributed by atoms with E-state index < -0.39 is 13.0 Å². The molecular formula is C36H57F2N5O4. The molecule has 2 aromatic rings. The third kappa shape index (κ3) is 18.2. The van der Waals surface area contributed by atoms with E-state index in [1.165, 1.54) is 38.9 Å². The molecule has 2 fully saturated rings. The quantitative estimate of drug-likeness (QED) is 0.104. The van der Waals surface area contributed by atoms with E-state index in [1.807, 2.05) is 94.1 Å². The molecule has 0 saturated carbocycles. The second kappa shape index (κ2) is 23.5. The van der Waals surface area contributed by atoms with Crippen LogP contribution in [0.15, 0.2) is 66.3 Å². The van der Waals surface area contributed by atoms with Crippen molar-refractivity contribution in [3.05, 3.63) is 72.3 Å². The molecule has 0 aromatic heterocycles. The van der Waals surface area contributed by atoms with Crippen LogP contribution >= 0.6 is 0 Å². The number of nitrogens with zero attached hydrogens (tertiary/aromatic N) is 4. The Hall–Kier alpha value is -3.83. The van der Waals surface area contributed by atoms with Gasteiger partial charge < -0.3 is 34.8 Å². The van der Waals surface area contributed by atoms with Crippen LogP contribution in [0.2, 0.25) is 0 Å². The molecule has 2 aromatic carbocycles. The molecule has 264 valence electrons. The molecule has 9 nitrogen and oxygen atoms in total. The van der Waals surface area contributed by atoms with Crippen LogP contribution in [-0.2, 0) is 25.6 Å². The van der Waals surface area contributed by atoms with Gasteiger partial charge >= 0.3 is 0 Å². The summed E-state index contributed by atoms with van der Waals surface area (Å²) < 4.78 is 34.1. The number of hydrazone groups is 1. The molecule has 2 N–H and O–H groups in total. The average Bonchev–Trinajstić information content (AvgIpc) is 3.05. The minimum atomic E-state index is -2.49. The highest BCUT2D eigenvalue weighted by atomic mass is 19.3. The van der Waals surface area contributed by atoms with E-state index in [-0.39, 0.29) is 11.4 Å². The van der Waals surface area contributed by atoms with Crippen LogP contribution in [0.3, 0.4) is 0 Å². The Morgan fingerprint density at radius 3 is 2.02 bits per heavy atom. The van der Waals surface area contributed by atoms with Crippen LogP contribution in [0.5, 0.6) is 0 Å². The lowest BCUT2D eigenvalue weighted by molar-refractivity contribution is -0.132. The van der Waals surface area contributed by atoms with E-state index >= 15 is 0 Å². The van der Waals surface area contributed by atoms with E-state index in [0.29, 0.717) is 11.0 Å². The van der Waals surface area contributed by atoms with E-state index in [4.69, 9.17) is 14.3 Å². The van der Waals surface area contributed by atoms with Gasteiger partial charge in [0.05, 0.1) is 5.60 Å². The summed E-state index contributed by atoms with van der Waals surface area (Å²) in [5, 5.41) is 2.75. The Kier molecular flexibility index (Phi) is 21.6. The summed E-state index contributed by atoms with van der Waals surface area (Å²) in [5.74, 6) is 4.63. The maximum atomic E-state index is 12.1. The SMILES string of the molecule is C=C(OCC(F)F)c1ccc(CN(C)c2ccccc2)cc1.C=NN.C=O.CCCN1CCC2(CC1)CN(C=O)C2.COC(C)(C)C. The predicted molar refractivity (Wildman–Crippen MR) is 190 cm³/mol. The van der Waals surface area contributed by atoms with Crippen molar-refractivity contribution in [3.63, 3.8) is 0 Å². The zero-order valence-electron chi connectivity index (χ0n) is 29.3. The standard InChI is InChI=1S/C18H19F2NO.C11H20N2O.C5H12O.CH4N2.CH2O/c1-14(22-13-18(19)20)16-10-8-15(9-11-16)12-21(2)17-6-4-3-5-7-17;1-2-5-12-6-3-11(4-7-12)8-13(9-11)10-14;1-5(2,3)6-4;1-3-2;1-2/h3-11,18H,1,12-13H2,2H3;10H,2-9H2,1H3;1-4H3;1-2H2;1H2. The fraction of sp³-hybridized carbons (Fsp3) is 0.528. The number of ether oxygens (including phenoxy) is 2. The molecular weight excluding hydrogens is 604 g/mol. The maximum absolute atomic E-state index is 12.1. The normalized spacial score (nSPS) is 14.6. The molecule has 11 heteroatoms. The number of halogens is 2. The Bertz CT molecular complexity index is 1110. The van der Waals surface area contributed by atoms with Crippen LogP contribution in [0.25, 0.3) is 5.76 Å². The molecule has 2 heterocycles. The van der Waals surface area contributed by atoms with Crippen molar-refractivity contribution in [1.29, 1.82) is 0 Å². The van der Waals surface area contributed by atoms with Gasteiger partial charge in [0.1, 0.15) is 19.2 Å². The van der Waals surface area contributed by atoms with Crippen molar-refractivity contribution >= 4 is 31.4 Å². The molecule has 0 unspecified atom stereocenters. The Morgan fingerprint density at radius 2 is 1.60 bits per heavy atom. The van der Waals surface area contributed by atoms with Gasteiger partial charge in [0.15, 0.2) is 0 Å². The molecule has 2 aliphatic rings. The highest BCUT2D eigenvalue weighted by molar-refractivity contribution is 5.58. The molecule has 0 atom stereocenters. The smallest absolute Gasteiger partial charge is 0.272 e. The second-order valence-electron chi connectivity index (χ2n) is 12.4. The van der Waals surface area contributed by atoms with Gasteiger partial charge in [0.2, 0.25) is 6.41 Å². The molecule has 2 saturated heterocycles. The number of benzene rings is 2. The van der Waals surface area contributed by atoms with Gasteiger partial charge in [-0.3, -0.25) is 4.79 Å². The lowest BCUT2D eigenvalue weighted by Crippen LogP contribution is -2.59. The third-order valence-electron chi connectivity index (χ3n) is 7.57. The van der Waals surface area contributed by atoms with E-state index in [2.05, 4.69) is 41.0 Å². The monoisotopic (exact) mass is 661 g/mol. The van der Waals surface area contributed by atoms with Crippen molar-refractivity contribution < 1.29 is 27.8 Å². The second-order valence-corrected chi connectivity index (χ2v) is 12.4. The summed E-state index contributed by atoms with van der Waals surface area (Å²) in [6, 6.07) is 17.7. The fourth-order valence-corrected chi connectivity index (χ4v) is 4.86. The van der Waals surface area contributed by atoms with Gasteiger partial charge in [0, 0.05) is 57.2 Å². The summed E-state index contributed by atoms with van der Waals surface area (Å²) in [5.41, 5.74) is 3.52. The van der Waals surface area contributed by atoms with Crippen LogP contribution in [0, 0.1) is 5.41 Å². The molecule has 1 amide bonds. The lowest BCUT2D eigenvalue weighted by Gasteiger charge is -2.52. The van der Waals surface area contributed by atoms with Crippen molar-refractivity contribution in [2.24, 2.45) is 16.4 Å². The molecule has 0 radical (unpaired) electrons. The Morgan fingerprint density at radius 1 is 1.09 bits per heavy atom. The zero-order valence-corrected chi connectivity index (χ0v) is 29.3. The van der Waals surface area contributed by atoms with Crippen molar-refractivity contribution in [2.45, 2.75) is 65.5 Å². The van der Waals surface area contributed by atoms with E-state index in [0.717, 1.165) is 37.3 Å². The van der Waals surface area contributed by atoms with E-state index in [1.54, 1.807) is 7.11 Å². The minimum Gasteiger partial charge on any atom is -0.488 e. The number of carbonyl (C=O) groups excluding carboxylic acids is 2. The number of hydrogen-bond donors (Lipinski definition) is 1. The number of anilines is 1. The number of para-hydroxylation sites is 1. The number of methoxy groups -OCH3 is 1. The number of piperidine rings is 1. The molecule has 2 aliphatic heterocycles. The van der Waals surface area contributed by atoms with E-state index in [9.17, 15) is 13.6 Å².